The molecule has 0 bridgehead atoms. The summed E-state index contributed by atoms with van der Waals surface area (Å²) in [5, 5.41) is 13.5. The van der Waals surface area contributed by atoms with Gasteiger partial charge in [-0.2, -0.15) is 0 Å². The second-order valence-electron chi connectivity index (χ2n) is 5.64. The van der Waals surface area contributed by atoms with E-state index in [0.29, 0.717) is 22.3 Å². The number of phenols is 1. The van der Waals surface area contributed by atoms with E-state index in [1.807, 2.05) is 31.2 Å². The lowest BCUT2D eigenvalue weighted by Crippen LogP contribution is -2.43. The molecule has 1 heterocycles. The van der Waals surface area contributed by atoms with E-state index in [0.717, 1.165) is 17.7 Å². The van der Waals surface area contributed by atoms with Crippen LogP contribution >= 0.6 is 15.9 Å². The van der Waals surface area contributed by atoms with Crippen molar-refractivity contribution in [2.45, 2.75) is 19.5 Å². The summed E-state index contributed by atoms with van der Waals surface area (Å²) in [6.07, 6.45) is 0.529. The molecule has 0 aliphatic carbocycles. The summed E-state index contributed by atoms with van der Waals surface area (Å²) in [5.41, 5.74) is 2.32. The molecule has 0 spiro atoms. The number of hydrogen-bond donors (Lipinski definition) is 2. The molecule has 0 fully saturated rings. The Morgan fingerprint density at radius 2 is 2.08 bits per heavy atom. The first-order valence-corrected chi connectivity index (χ1v) is 8.59. The van der Waals surface area contributed by atoms with Crippen molar-refractivity contribution in [3.05, 3.63) is 52.0 Å². The number of nitrogens with one attached hydrogen (secondary N) is 1. The minimum atomic E-state index is -0.321. The SMILES string of the molecule is CCCN1C(=O)c2ccccc2N[C@@H]1c1cc(Br)c(O)c(OC)c1. The van der Waals surface area contributed by atoms with Gasteiger partial charge >= 0.3 is 0 Å². The van der Waals surface area contributed by atoms with Crippen LogP contribution in [0.25, 0.3) is 0 Å². The Morgan fingerprint density at radius 3 is 2.79 bits per heavy atom. The van der Waals surface area contributed by atoms with Gasteiger partial charge in [-0.05, 0) is 52.2 Å². The minimum Gasteiger partial charge on any atom is -0.503 e. The van der Waals surface area contributed by atoms with Crippen LogP contribution in [0.2, 0.25) is 0 Å². The number of nitrogens with zero attached hydrogens (tertiary/aromatic N) is 1. The van der Waals surface area contributed by atoms with Gasteiger partial charge in [0.25, 0.3) is 5.91 Å². The summed E-state index contributed by atoms with van der Waals surface area (Å²) >= 11 is 3.35. The summed E-state index contributed by atoms with van der Waals surface area (Å²) in [7, 11) is 1.50. The van der Waals surface area contributed by atoms with E-state index in [9.17, 15) is 9.90 Å². The quantitative estimate of drug-likeness (QED) is 0.823. The van der Waals surface area contributed by atoms with Crippen LogP contribution in [0.4, 0.5) is 5.69 Å². The van der Waals surface area contributed by atoms with Crippen LogP contribution in [0.1, 0.15) is 35.4 Å². The number of halogens is 1. The fraction of sp³-hybridized carbons (Fsp3) is 0.278. The van der Waals surface area contributed by atoms with Crippen molar-refractivity contribution in [2.75, 3.05) is 19.0 Å². The lowest BCUT2D eigenvalue weighted by molar-refractivity contribution is 0.0683. The molecule has 0 saturated carbocycles. The number of benzene rings is 2. The number of phenolic OH excluding ortho intramolecular Hbond substituents is 1. The van der Waals surface area contributed by atoms with Crippen molar-refractivity contribution >= 4 is 27.5 Å². The predicted octanol–water partition coefficient (Wildman–Crippen LogP) is 4.14. The molecule has 2 aromatic carbocycles. The Hall–Kier alpha value is -2.21. The van der Waals surface area contributed by atoms with Gasteiger partial charge in [0.1, 0.15) is 6.17 Å². The molecule has 0 unspecified atom stereocenters. The number of ether oxygens (including phenoxy) is 1. The number of anilines is 1. The predicted molar refractivity (Wildman–Crippen MR) is 96.5 cm³/mol. The summed E-state index contributed by atoms with van der Waals surface area (Å²) in [5.74, 6) is 0.411. The third-order valence-corrected chi connectivity index (χ3v) is 4.68. The van der Waals surface area contributed by atoms with Crippen molar-refractivity contribution in [3.63, 3.8) is 0 Å². The first kappa shape index (κ1) is 16.6. The van der Waals surface area contributed by atoms with Gasteiger partial charge in [0.2, 0.25) is 0 Å². The summed E-state index contributed by atoms with van der Waals surface area (Å²) in [4.78, 5) is 14.7. The van der Waals surface area contributed by atoms with Crippen molar-refractivity contribution in [1.82, 2.24) is 4.90 Å². The standard InChI is InChI=1S/C18H19BrN2O3/c1-3-8-21-17(11-9-13(19)16(22)15(10-11)24-2)20-14-7-5-4-6-12(14)18(21)23/h4-7,9-10,17,20,22H,3,8H2,1-2H3/t17-/m0/s1. The highest BCUT2D eigenvalue weighted by Gasteiger charge is 2.32. The third-order valence-electron chi connectivity index (χ3n) is 4.07. The molecule has 0 aromatic heterocycles. The maximum Gasteiger partial charge on any atom is 0.257 e. The van der Waals surface area contributed by atoms with Crippen molar-refractivity contribution in [1.29, 1.82) is 0 Å². The minimum absolute atomic E-state index is 0.000589. The normalized spacial score (nSPS) is 16.5. The number of amides is 1. The van der Waals surface area contributed by atoms with Crippen molar-refractivity contribution in [2.24, 2.45) is 0 Å². The maximum absolute atomic E-state index is 12.9. The fourth-order valence-corrected chi connectivity index (χ4v) is 3.39. The van der Waals surface area contributed by atoms with Gasteiger partial charge in [0.05, 0.1) is 17.1 Å². The van der Waals surface area contributed by atoms with E-state index >= 15 is 0 Å². The van der Waals surface area contributed by atoms with E-state index in [4.69, 9.17) is 4.74 Å². The zero-order valence-corrected chi connectivity index (χ0v) is 15.1. The van der Waals surface area contributed by atoms with E-state index < -0.39 is 0 Å². The second-order valence-corrected chi connectivity index (χ2v) is 6.50. The summed E-state index contributed by atoms with van der Waals surface area (Å²) in [6.45, 7) is 2.67. The summed E-state index contributed by atoms with van der Waals surface area (Å²) in [6, 6.07) is 11.1. The molecule has 5 nitrogen and oxygen atoms in total. The third kappa shape index (κ3) is 2.82. The first-order valence-electron chi connectivity index (χ1n) is 7.79. The fourth-order valence-electron chi connectivity index (χ4n) is 2.93. The van der Waals surface area contributed by atoms with Gasteiger partial charge in [-0.25, -0.2) is 0 Å². The molecule has 0 saturated heterocycles. The number of carbonyl (C=O) groups excluding carboxylic acids is 1. The molecular weight excluding hydrogens is 372 g/mol. The molecule has 1 amide bonds. The second kappa shape index (κ2) is 6.73. The zero-order chi connectivity index (χ0) is 17.3. The number of para-hydroxylation sites is 1. The Kier molecular flexibility index (Phi) is 4.66. The molecular formula is C18H19BrN2O3. The van der Waals surface area contributed by atoms with Crippen LogP contribution in [0, 0.1) is 0 Å². The molecule has 126 valence electrons. The van der Waals surface area contributed by atoms with Crippen LogP contribution in [0.15, 0.2) is 40.9 Å². The average Bonchev–Trinajstić information content (AvgIpc) is 2.59. The van der Waals surface area contributed by atoms with Gasteiger partial charge in [0.15, 0.2) is 11.5 Å². The molecule has 2 N–H and O–H groups in total. The van der Waals surface area contributed by atoms with Crippen LogP contribution in [0.5, 0.6) is 11.5 Å². The first-order chi connectivity index (χ1) is 11.6. The van der Waals surface area contributed by atoms with E-state index in [-0.39, 0.29) is 17.8 Å². The molecule has 3 rings (SSSR count). The van der Waals surface area contributed by atoms with Gasteiger partial charge in [-0.3, -0.25) is 4.79 Å². The van der Waals surface area contributed by atoms with E-state index in [1.165, 1.54) is 7.11 Å². The van der Waals surface area contributed by atoms with Gasteiger partial charge in [-0.15, -0.1) is 0 Å². The zero-order valence-electron chi connectivity index (χ0n) is 13.5. The molecule has 24 heavy (non-hydrogen) atoms. The number of carbonyl (C=O) groups is 1. The van der Waals surface area contributed by atoms with Gasteiger partial charge < -0.3 is 20.1 Å². The molecule has 1 aliphatic rings. The number of methoxy groups -OCH3 is 1. The molecule has 6 heteroatoms. The lowest BCUT2D eigenvalue weighted by atomic mass is 10.0. The molecule has 1 atom stereocenters. The molecule has 1 aliphatic heterocycles. The Balaban J connectivity index is 2.09. The van der Waals surface area contributed by atoms with E-state index in [2.05, 4.69) is 21.2 Å². The van der Waals surface area contributed by atoms with Crippen LogP contribution in [-0.4, -0.2) is 29.6 Å². The maximum atomic E-state index is 12.9. The Labute approximate surface area is 149 Å². The summed E-state index contributed by atoms with van der Waals surface area (Å²) < 4.78 is 5.77. The largest absolute Gasteiger partial charge is 0.503 e. The van der Waals surface area contributed by atoms with Gasteiger partial charge in [0, 0.05) is 12.2 Å². The van der Waals surface area contributed by atoms with Crippen LogP contribution in [-0.2, 0) is 0 Å². The van der Waals surface area contributed by atoms with Gasteiger partial charge in [-0.1, -0.05) is 19.1 Å². The highest BCUT2D eigenvalue weighted by atomic mass is 79.9. The van der Waals surface area contributed by atoms with Crippen LogP contribution in [0.3, 0.4) is 0 Å². The monoisotopic (exact) mass is 390 g/mol. The molecule has 0 radical (unpaired) electrons. The Morgan fingerprint density at radius 1 is 1.33 bits per heavy atom. The number of fused-ring (bicyclic) bond motifs is 1. The molecule has 2 aromatic rings. The van der Waals surface area contributed by atoms with Crippen molar-refractivity contribution in [3.8, 4) is 11.5 Å². The number of rotatable bonds is 4. The number of aromatic hydroxyl groups is 1. The van der Waals surface area contributed by atoms with Crippen molar-refractivity contribution < 1.29 is 14.6 Å². The lowest BCUT2D eigenvalue weighted by Gasteiger charge is -2.38. The topological polar surface area (TPSA) is 61.8 Å². The Bertz CT molecular complexity index is 779. The average molecular weight is 391 g/mol. The highest BCUT2D eigenvalue weighted by molar-refractivity contribution is 9.10. The van der Waals surface area contributed by atoms with E-state index in [1.54, 1.807) is 17.0 Å². The van der Waals surface area contributed by atoms with Crippen LogP contribution < -0.4 is 10.1 Å². The smallest absolute Gasteiger partial charge is 0.257 e. The highest BCUT2D eigenvalue weighted by Crippen LogP contribution is 2.40. The number of hydrogen-bond acceptors (Lipinski definition) is 4.